The SMILES string of the molecule is CCNC(=NCCOc1ccc(F)c(F)c1)NC1CC=CC1.I. The van der Waals surface area contributed by atoms with Crippen molar-refractivity contribution in [3.8, 4) is 5.75 Å². The smallest absolute Gasteiger partial charge is 0.191 e. The molecule has 0 saturated carbocycles. The van der Waals surface area contributed by atoms with E-state index in [1.54, 1.807) is 0 Å². The van der Waals surface area contributed by atoms with Crippen LogP contribution in [-0.4, -0.2) is 31.7 Å². The van der Waals surface area contributed by atoms with Crippen LogP contribution >= 0.6 is 24.0 Å². The topological polar surface area (TPSA) is 45.7 Å². The average Bonchev–Trinajstić information content (AvgIpc) is 3.00. The van der Waals surface area contributed by atoms with Gasteiger partial charge in [-0.05, 0) is 31.9 Å². The Morgan fingerprint density at radius 1 is 1.26 bits per heavy atom. The number of ether oxygens (including phenoxy) is 1. The summed E-state index contributed by atoms with van der Waals surface area (Å²) in [6.07, 6.45) is 6.28. The van der Waals surface area contributed by atoms with Crippen molar-refractivity contribution in [1.82, 2.24) is 10.6 Å². The molecule has 1 aromatic carbocycles. The lowest BCUT2D eigenvalue weighted by Gasteiger charge is -2.16. The highest BCUT2D eigenvalue weighted by Gasteiger charge is 2.11. The molecule has 7 heteroatoms. The van der Waals surface area contributed by atoms with E-state index in [0.29, 0.717) is 24.9 Å². The lowest BCUT2D eigenvalue weighted by atomic mass is 10.2. The highest BCUT2D eigenvalue weighted by Crippen LogP contribution is 2.15. The Morgan fingerprint density at radius 2 is 2.00 bits per heavy atom. The number of hydrogen-bond donors (Lipinski definition) is 2. The molecule has 0 heterocycles. The summed E-state index contributed by atoms with van der Waals surface area (Å²) in [6.45, 7) is 3.50. The van der Waals surface area contributed by atoms with Crippen LogP contribution in [0.15, 0.2) is 35.3 Å². The summed E-state index contributed by atoms with van der Waals surface area (Å²) >= 11 is 0. The van der Waals surface area contributed by atoms with Crippen molar-refractivity contribution in [3.05, 3.63) is 42.0 Å². The molecule has 0 bridgehead atoms. The maximum absolute atomic E-state index is 13.0. The second-order valence-electron chi connectivity index (χ2n) is 4.97. The van der Waals surface area contributed by atoms with Crippen LogP contribution < -0.4 is 15.4 Å². The Hall–Kier alpha value is -1.38. The van der Waals surface area contributed by atoms with Crippen molar-refractivity contribution in [2.24, 2.45) is 4.99 Å². The van der Waals surface area contributed by atoms with Crippen molar-refractivity contribution in [2.45, 2.75) is 25.8 Å². The molecule has 0 amide bonds. The molecule has 0 unspecified atom stereocenters. The Kier molecular flexibility index (Phi) is 8.90. The van der Waals surface area contributed by atoms with Gasteiger partial charge in [0.15, 0.2) is 17.6 Å². The predicted octanol–water partition coefficient (Wildman–Crippen LogP) is 3.24. The van der Waals surface area contributed by atoms with E-state index < -0.39 is 11.6 Å². The first-order chi connectivity index (χ1) is 10.7. The molecule has 0 aliphatic heterocycles. The molecule has 0 saturated heterocycles. The van der Waals surface area contributed by atoms with Gasteiger partial charge < -0.3 is 15.4 Å². The third-order valence-electron chi connectivity index (χ3n) is 3.21. The molecule has 0 radical (unpaired) electrons. The largest absolute Gasteiger partial charge is 0.492 e. The minimum absolute atomic E-state index is 0. The molecule has 0 spiro atoms. The third kappa shape index (κ3) is 6.72. The fourth-order valence-corrected chi connectivity index (χ4v) is 2.14. The first kappa shape index (κ1) is 19.7. The molecule has 0 aromatic heterocycles. The Labute approximate surface area is 152 Å². The number of benzene rings is 1. The Morgan fingerprint density at radius 3 is 2.65 bits per heavy atom. The second-order valence-corrected chi connectivity index (χ2v) is 4.97. The molecule has 0 atom stereocenters. The standard InChI is InChI=1S/C16H21F2N3O.HI/c1-2-19-16(21-12-5-3-4-6-12)20-9-10-22-13-7-8-14(17)15(18)11-13;/h3-4,7-8,11-12H,2,5-6,9-10H2,1H3,(H2,19,20,21);1H. The molecule has 128 valence electrons. The number of nitrogens with zero attached hydrogens (tertiary/aromatic N) is 1. The molecule has 2 N–H and O–H groups in total. The minimum Gasteiger partial charge on any atom is -0.492 e. The second kappa shape index (κ2) is 10.4. The van der Waals surface area contributed by atoms with Crippen molar-refractivity contribution in [1.29, 1.82) is 0 Å². The van der Waals surface area contributed by atoms with E-state index in [2.05, 4.69) is 27.8 Å². The molecule has 23 heavy (non-hydrogen) atoms. The van der Waals surface area contributed by atoms with Gasteiger partial charge in [-0.1, -0.05) is 12.2 Å². The van der Waals surface area contributed by atoms with Crippen molar-refractivity contribution in [3.63, 3.8) is 0 Å². The van der Waals surface area contributed by atoms with Crippen molar-refractivity contribution >= 4 is 29.9 Å². The maximum atomic E-state index is 13.0. The number of guanidine groups is 1. The van der Waals surface area contributed by atoms with Gasteiger partial charge in [-0.15, -0.1) is 24.0 Å². The van der Waals surface area contributed by atoms with Gasteiger partial charge >= 0.3 is 0 Å². The number of rotatable bonds is 6. The zero-order valence-electron chi connectivity index (χ0n) is 13.0. The Bertz CT molecular complexity index is 544. The lowest BCUT2D eigenvalue weighted by Crippen LogP contribution is -2.42. The van der Waals surface area contributed by atoms with Crippen molar-refractivity contribution < 1.29 is 13.5 Å². The van der Waals surface area contributed by atoms with Crippen LogP contribution in [0.1, 0.15) is 19.8 Å². The van der Waals surface area contributed by atoms with Gasteiger partial charge in [-0.3, -0.25) is 0 Å². The molecular formula is C16H22F2IN3O. The fraction of sp³-hybridized carbons (Fsp3) is 0.438. The van der Waals surface area contributed by atoms with E-state index >= 15 is 0 Å². The van der Waals surface area contributed by atoms with Crippen LogP contribution in [0, 0.1) is 11.6 Å². The van der Waals surface area contributed by atoms with Crippen molar-refractivity contribution in [2.75, 3.05) is 19.7 Å². The average molecular weight is 437 g/mol. The van der Waals surface area contributed by atoms with Gasteiger partial charge in [0.05, 0.1) is 6.54 Å². The van der Waals surface area contributed by atoms with E-state index in [1.807, 2.05) is 6.92 Å². The molecule has 2 rings (SSSR count). The molecule has 1 aromatic rings. The van der Waals surface area contributed by atoms with Crippen LogP contribution in [-0.2, 0) is 0 Å². The van der Waals surface area contributed by atoms with Gasteiger partial charge in [0, 0.05) is 18.7 Å². The zero-order chi connectivity index (χ0) is 15.8. The third-order valence-corrected chi connectivity index (χ3v) is 3.21. The fourth-order valence-electron chi connectivity index (χ4n) is 2.14. The first-order valence-electron chi connectivity index (χ1n) is 7.46. The van der Waals surface area contributed by atoms with E-state index in [-0.39, 0.29) is 24.0 Å². The van der Waals surface area contributed by atoms with Gasteiger partial charge in [0.25, 0.3) is 0 Å². The van der Waals surface area contributed by atoms with E-state index in [9.17, 15) is 8.78 Å². The molecule has 4 nitrogen and oxygen atoms in total. The number of halogens is 3. The van der Waals surface area contributed by atoms with Crippen LogP contribution in [0.2, 0.25) is 0 Å². The van der Waals surface area contributed by atoms with Crippen LogP contribution in [0.25, 0.3) is 0 Å². The highest BCUT2D eigenvalue weighted by molar-refractivity contribution is 14.0. The summed E-state index contributed by atoms with van der Waals surface area (Å²) in [4.78, 5) is 4.41. The monoisotopic (exact) mass is 437 g/mol. The minimum atomic E-state index is -0.912. The summed E-state index contributed by atoms with van der Waals surface area (Å²) in [5.41, 5.74) is 0. The summed E-state index contributed by atoms with van der Waals surface area (Å²) in [6, 6.07) is 3.86. The molecule has 0 fully saturated rings. The summed E-state index contributed by atoms with van der Waals surface area (Å²) < 4.78 is 31.2. The van der Waals surface area contributed by atoms with Crippen LogP contribution in [0.4, 0.5) is 8.78 Å². The maximum Gasteiger partial charge on any atom is 0.191 e. The number of aliphatic imine (C=N–C) groups is 1. The summed E-state index contributed by atoms with van der Waals surface area (Å²) in [5, 5.41) is 6.51. The van der Waals surface area contributed by atoms with Gasteiger partial charge in [-0.25, -0.2) is 13.8 Å². The van der Waals surface area contributed by atoms with E-state index in [0.717, 1.165) is 37.5 Å². The lowest BCUT2D eigenvalue weighted by molar-refractivity contribution is 0.325. The van der Waals surface area contributed by atoms with Gasteiger partial charge in [0.1, 0.15) is 12.4 Å². The molecule has 1 aliphatic carbocycles. The highest BCUT2D eigenvalue weighted by atomic mass is 127. The normalized spacial score (nSPS) is 14.5. The summed E-state index contributed by atoms with van der Waals surface area (Å²) in [5.74, 6) is -0.754. The van der Waals surface area contributed by atoms with Crippen LogP contribution in [0.3, 0.4) is 0 Å². The number of hydrogen-bond acceptors (Lipinski definition) is 2. The summed E-state index contributed by atoms with van der Waals surface area (Å²) in [7, 11) is 0. The molecular weight excluding hydrogens is 415 g/mol. The predicted molar refractivity (Wildman–Crippen MR) is 98.5 cm³/mol. The van der Waals surface area contributed by atoms with E-state index in [4.69, 9.17) is 4.74 Å². The Balaban J connectivity index is 0.00000264. The van der Waals surface area contributed by atoms with Gasteiger partial charge in [0.2, 0.25) is 0 Å². The van der Waals surface area contributed by atoms with Gasteiger partial charge in [-0.2, -0.15) is 0 Å². The zero-order valence-corrected chi connectivity index (χ0v) is 15.3. The van der Waals surface area contributed by atoms with Crippen LogP contribution in [0.5, 0.6) is 5.75 Å². The van der Waals surface area contributed by atoms with E-state index in [1.165, 1.54) is 6.07 Å². The quantitative estimate of drug-likeness (QED) is 0.236. The number of nitrogens with one attached hydrogen (secondary N) is 2. The first-order valence-corrected chi connectivity index (χ1v) is 7.46. The molecule has 1 aliphatic rings.